The average Bonchev–Trinajstić information content (AvgIpc) is 3.16. The fourth-order valence-corrected chi connectivity index (χ4v) is 3.71. The Morgan fingerprint density at radius 1 is 1.25 bits per heavy atom. The number of thiazole rings is 1. The summed E-state index contributed by atoms with van der Waals surface area (Å²) in [5, 5.41) is 7.97. The summed E-state index contributed by atoms with van der Waals surface area (Å²) >= 11 is 1.11. The monoisotopic (exact) mass is 401 g/mol. The Morgan fingerprint density at radius 2 is 2.00 bits per heavy atom. The molecule has 0 bridgehead atoms. The van der Waals surface area contributed by atoms with Crippen molar-refractivity contribution in [2.45, 2.75) is 41.0 Å². The molecular formula is C20H23N3O4S. The normalized spacial score (nSPS) is 11.2. The number of nitrogens with one attached hydrogen (secondary N) is 1. The van der Waals surface area contributed by atoms with Crippen molar-refractivity contribution < 1.29 is 18.8 Å². The highest BCUT2D eigenvalue weighted by Crippen LogP contribution is 2.26. The molecule has 3 aromatic rings. The number of aryl methyl sites for hydroxylation is 3. The highest BCUT2D eigenvalue weighted by Gasteiger charge is 2.20. The first-order chi connectivity index (χ1) is 13.2. The molecule has 0 unspecified atom stereocenters. The van der Waals surface area contributed by atoms with E-state index in [2.05, 4.69) is 15.5 Å². The number of aromatic nitrogens is 2. The Labute approximate surface area is 167 Å². The standard InChI is InChI=1S/C20H23N3O4S/c1-10(2)9-26-19(25)18-13(5)21-20(28-18)22-16(24)8-15-14-7-11(3)6-12(4)17(14)27-23-15/h6-7,10H,8-9H2,1-5H3,(H,21,22,24). The second kappa shape index (κ2) is 8.10. The van der Waals surface area contributed by atoms with E-state index < -0.39 is 5.97 Å². The summed E-state index contributed by atoms with van der Waals surface area (Å²) in [6.07, 6.45) is 0.0572. The minimum Gasteiger partial charge on any atom is -0.461 e. The van der Waals surface area contributed by atoms with E-state index in [1.54, 1.807) is 6.92 Å². The molecule has 2 heterocycles. The molecule has 148 valence electrons. The highest BCUT2D eigenvalue weighted by atomic mass is 32.1. The van der Waals surface area contributed by atoms with Crippen molar-refractivity contribution in [3.8, 4) is 0 Å². The molecule has 2 aromatic heterocycles. The van der Waals surface area contributed by atoms with Gasteiger partial charge in [0.2, 0.25) is 5.91 Å². The number of ether oxygens (including phenoxy) is 1. The zero-order valence-corrected chi connectivity index (χ0v) is 17.4. The number of hydrogen-bond acceptors (Lipinski definition) is 7. The van der Waals surface area contributed by atoms with Crippen LogP contribution in [-0.4, -0.2) is 28.6 Å². The van der Waals surface area contributed by atoms with Crippen LogP contribution in [0.1, 0.15) is 46.0 Å². The molecule has 0 aliphatic heterocycles. The summed E-state index contributed by atoms with van der Waals surface area (Å²) in [7, 11) is 0. The van der Waals surface area contributed by atoms with Crippen molar-refractivity contribution in [3.63, 3.8) is 0 Å². The van der Waals surface area contributed by atoms with Crippen molar-refractivity contribution in [1.82, 2.24) is 10.1 Å². The van der Waals surface area contributed by atoms with Crippen LogP contribution in [0.15, 0.2) is 16.7 Å². The lowest BCUT2D eigenvalue weighted by Gasteiger charge is -2.05. The van der Waals surface area contributed by atoms with Gasteiger partial charge in [-0.1, -0.05) is 36.4 Å². The SMILES string of the molecule is Cc1cc(C)c2onc(CC(=O)Nc3nc(C)c(C(=O)OCC(C)C)s3)c2c1. The van der Waals surface area contributed by atoms with E-state index in [0.717, 1.165) is 27.8 Å². The number of carbonyl (C=O) groups excluding carboxylic acids is 2. The minimum absolute atomic E-state index is 0.0572. The van der Waals surface area contributed by atoms with Crippen molar-refractivity contribution in [2.75, 3.05) is 11.9 Å². The lowest BCUT2D eigenvalue weighted by Crippen LogP contribution is -2.14. The van der Waals surface area contributed by atoms with Gasteiger partial charge in [0.15, 0.2) is 10.7 Å². The molecule has 28 heavy (non-hydrogen) atoms. The summed E-state index contributed by atoms with van der Waals surface area (Å²) in [5.74, 6) is -0.441. The Kier molecular flexibility index (Phi) is 5.79. The molecule has 0 aliphatic carbocycles. The van der Waals surface area contributed by atoms with Gasteiger partial charge in [0.05, 0.1) is 18.7 Å². The molecule has 3 rings (SSSR count). The molecule has 1 amide bonds. The number of amides is 1. The van der Waals surface area contributed by atoms with Gasteiger partial charge in [-0.15, -0.1) is 0 Å². The lowest BCUT2D eigenvalue weighted by atomic mass is 10.1. The number of fused-ring (bicyclic) bond motifs is 1. The zero-order valence-electron chi connectivity index (χ0n) is 16.6. The maximum atomic E-state index is 12.5. The van der Waals surface area contributed by atoms with E-state index >= 15 is 0 Å². The fraction of sp³-hybridized carbons (Fsp3) is 0.400. The van der Waals surface area contributed by atoms with Gasteiger partial charge in [-0.2, -0.15) is 0 Å². The van der Waals surface area contributed by atoms with Crippen LogP contribution in [-0.2, 0) is 16.0 Å². The van der Waals surface area contributed by atoms with E-state index in [-0.39, 0.29) is 18.2 Å². The average molecular weight is 401 g/mol. The third-order valence-electron chi connectivity index (χ3n) is 4.08. The Hall–Kier alpha value is -2.74. The molecule has 0 spiro atoms. The van der Waals surface area contributed by atoms with Crippen molar-refractivity contribution in [3.05, 3.63) is 39.5 Å². The van der Waals surface area contributed by atoms with E-state index in [1.807, 2.05) is 39.8 Å². The fourth-order valence-electron chi connectivity index (χ4n) is 2.83. The van der Waals surface area contributed by atoms with Crippen molar-refractivity contribution in [1.29, 1.82) is 0 Å². The van der Waals surface area contributed by atoms with Gasteiger partial charge in [-0.05, 0) is 43.9 Å². The van der Waals surface area contributed by atoms with Crippen molar-refractivity contribution in [2.24, 2.45) is 5.92 Å². The topological polar surface area (TPSA) is 94.3 Å². The van der Waals surface area contributed by atoms with Crippen LogP contribution in [0.3, 0.4) is 0 Å². The van der Waals surface area contributed by atoms with Crippen LogP contribution in [0.5, 0.6) is 0 Å². The second-order valence-electron chi connectivity index (χ2n) is 7.24. The van der Waals surface area contributed by atoms with Gasteiger partial charge in [-0.3, -0.25) is 4.79 Å². The number of benzene rings is 1. The summed E-state index contributed by atoms with van der Waals surface area (Å²) in [6, 6.07) is 3.97. The molecule has 0 fully saturated rings. The van der Waals surface area contributed by atoms with Crippen LogP contribution < -0.4 is 5.32 Å². The van der Waals surface area contributed by atoms with Crippen LogP contribution in [0.2, 0.25) is 0 Å². The van der Waals surface area contributed by atoms with Crippen molar-refractivity contribution >= 4 is 39.3 Å². The molecule has 0 saturated heterocycles. The summed E-state index contributed by atoms with van der Waals surface area (Å²) < 4.78 is 10.6. The quantitative estimate of drug-likeness (QED) is 0.622. The van der Waals surface area contributed by atoms with E-state index in [0.29, 0.717) is 33.6 Å². The predicted octanol–water partition coefficient (Wildman–Crippen LogP) is 4.20. The number of nitrogens with zero attached hydrogens (tertiary/aromatic N) is 2. The summed E-state index contributed by atoms with van der Waals surface area (Å²) in [4.78, 5) is 29.3. The number of esters is 1. The molecule has 0 radical (unpaired) electrons. The zero-order chi connectivity index (χ0) is 20.4. The first-order valence-corrected chi connectivity index (χ1v) is 9.86. The summed E-state index contributed by atoms with van der Waals surface area (Å²) in [5.41, 5.74) is 3.86. The molecule has 0 aliphatic rings. The van der Waals surface area contributed by atoms with Gasteiger partial charge in [0, 0.05) is 5.39 Å². The van der Waals surface area contributed by atoms with Gasteiger partial charge in [-0.25, -0.2) is 9.78 Å². The first kappa shape index (κ1) is 20.0. The summed E-state index contributed by atoms with van der Waals surface area (Å²) in [6.45, 7) is 9.93. The second-order valence-corrected chi connectivity index (χ2v) is 8.24. The van der Waals surface area contributed by atoms with Crippen LogP contribution >= 0.6 is 11.3 Å². The number of carbonyl (C=O) groups is 2. The predicted molar refractivity (Wildman–Crippen MR) is 108 cm³/mol. The third kappa shape index (κ3) is 4.39. The Bertz CT molecular complexity index is 1040. The molecule has 8 heteroatoms. The molecule has 7 nitrogen and oxygen atoms in total. The molecule has 1 N–H and O–H groups in total. The maximum Gasteiger partial charge on any atom is 0.350 e. The van der Waals surface area contributed by atoms with Crippen LogP contribution in [0.4, 0.5) is 5.13 Å². The number of rotatable bonds is 6. The smallest absolute Gasteiger partial charge is 0.350 e. The van der Waals surface area contributed by atoms with Crippen LogP contribution in [0.25, 0.3) is 11.0 Å². The lowest BCUT2D eigenvalue weighted by molar-refractivity contribution is -0.115. The molecule has 1 aromatic carbocycles. The maximum absolute atomic E-state index is 12.5. The minimum atomic E-state index is -0.419. The van der Waals surface area contributed by atoms with E-state index in [9.17, 15) is 9.59 Å². The largest absolute Gasteiger partial charge is 0.461 e. The first-order valence-electron chi connectivity index (χ1n) is 9.04. The third-order valence-corrected chi connectivity index (χ3v) is 5.13. The number of anilines is 1. The molecule has 0 atom stereocenters. The van der Waals surface area contributed by atoms with Gasteiger partial charge < -0.3 is 14.6 Å². The van der Waals surface area contributed by atoms with E-state index in [1.165, 1.54) is 0 Å². The number of hydrogen-bond donors (Lipinski definition) is 1. The van der Waals surface area contributed by atoms with Gasteiger partial charge >= 0.3 is 5.97 Å². The highest BCUT2D eigenvalue weighted by molar-refractivity contribution is 7.17. The van der Waals surface area contributed by atoms with Gasteiger partial charge in [0.1, 0.15) is 10.6 Å². The Morgan fingerprint density at radius 3 is 2.71 bits per heavy atom. The van der Waals surface area contributed by atoms with Gasteiger partial charge in [0.25, 0.3) is 0 Å². The molecule has 0 saturated carbocycles. The van der Waals surface area contributed by atoms with Crippen LogP contribution in [0, 0.1) is 26.7 Å². The molecular weight excluding hydrogens is 378 g/mol. The van der Waals surface area contributed by atoms with E-state index in [4.69, 9.17) is 9.26 Å². The Balaban J connectivity index is 1.71.